The molecule has 1 unspecified atom stereocenters. The van der Waals surface area contributed by atoms with Crippen molar-refractivity contribution in [3.8, 4) is 0 Å². The van der Waals surface area contributed by atoms with Crippen LogP contribution in [0.1, 0.15) is 25.0 Å². The molecule has 0 aromatic carbocycles. The summed E-state index contributed by atoms with van der Waals surface area (Å²) in [6.45, 7) is 5.60. The van der Waals surface area contributed by atoms with Crippen LogP contribution in [0.3, 0.4) is 0 Å². The first-order valence-electron chi connectivity index (χ1n) is 4.03. The molecule has 0 bridgehead atoms. The van der Waals surface area contributed by atoms with Crippen LogP contribution >= 0.6 is 11.6 Å². The van der Waals surface area contributed by atoms with E-state index in [2.05, 4.69) is 11.6 Å². The lowest BCUT2D eigenvalue weighted by Crippen LogP contribution is -1.98. The Balaban J connectivity index is 2.82. The largest absolute Gasteiger partial charge is 0.388 e. The minimum absolute atomic E-state index is 0.497. The van der Waals surface area contributed by atoms with Crippen molar-refractivity contribution in [2.45, 2.75) is 19.4 Å². The Labute approximate surface area is 82.9 Å². The molecule has 2 nitrogen and oxygen atoms in total. The van der Waals surface area contributed by atoms with E-state index in [1.807, 2.05) is 6.92 Å². The molecule has 0 radical (unpaired) electrons. The smallest absolute Gasteiger partial charge is 0.0842 e. The van der Waals surface area contributed by atoms with E-state index in [1.165, 1.54) is 6.20 Å². The molecule has 0 saturated carbocycles. The first-order chi connectivity index (χ1) is 6.11. The molecule has 0 aliphatic heterocycles. The van der Waals surface area contributed by atoms with Gasteiger partial charge in [-0.3, -0.25) is 4.98 Å². The molecule has 13 heavy (non-hydrogen) atoms. The normalized spacial score (nSPS) is 12.5. The van der Waals surface area contributed by atoms with Crippen molar-refractivity contribution >= 4 is 11.6 Å². The van der Waals surface area contributed by atoms with E-state index in [0.29, 0.717) is 17.0 Å². The van der Waals surface area contributed by atoms with Crippen molar-refractivity contribution in [2.24, 2.45) is 0 Å². The van der Waals surface area contributed by atoms with Gasteiger partial charge >= 0.3 is 0 Å². The van der Waals surface area contributed by atoms with E-state index in [9.17, 15) is 5.11 Å². The number of aliphatic hydroxyl groups excluding tert-OH is 1. The van der Waals surface area contributed by atoms with Crippen LogP contribution in [-0.4, -0.2) is 10.1 Å². The Hall–Kier alpha value is -0.860. The highest BCUT2D eigenvalue weighted by Crippen LogP contribution is 2.25. The first kappa shape index (κ1) is 10.2. The monoisotopic (exact) mass is 197 g/mol. The fourth-order valence-corrected chi connectivity index (χ4v) is 1.34. The molecule has 0 aliphatic rings. The Morgan fingerprint density at radius 3 is 3.00 bits per heavy atom. The maximum atomic E-state index is 9.70. The average molecular weight is 198 g/mol. The van der Waals surface area contributed by atoms with Crippen LogP contribution in [0.2, 0.25) is 5.02 Å². The van der Waals surface area contributed by atoms with Crippen molar-refractivity contribution < 1.29 is 5.11 Å². The van der Waals surface area contributed by atoms with Gasteiger partial charge in [-0.2, -0.15) is 0 Å². The van der Waals surface area contributed by atoms with E-state index >= 15 is 0 Å². The van der Waals surface area contributed by atoms with Crippen LogP contribution in [0.25, 0.3) is 0 Å². The van der Waals surface area contributed by atoms with Crippen LogP contribution in [0.4, 0.5) is 0 Å². The minimum atomic E-state index is -0.576. The van der Waals surface area contributed by atoms with Crippen LogP contribution in [0.5, 0.6) is 0 Å². The van der Waals surface area contributed by atoms with E-state index in [1.54, 1.807) is 12.3 Å². The number of pyridine rings is 1. The summed E-state index contributed by atoms with van der Waals surface area (Å²) in [5.74, 6) is 0. The number of aliphatic hydroxyl groups is 1. The Morgan fingerprint density at radius 1 is 1.77 bits per heavy atom. The van der Waals surface area contributed by atoms with E-state index in [4.69, 9.17) is 11.6 Å². The fraction of sp³-hybridized carbons (Fsp3) is 0.300. The van der Waals surface area contributed by atoms with E-state index in [-0.39, 0.29) is 0 Å². The van der Waals surface area contributed by atoms with Crippen LogP contribution in [-0.2, 0) is 0 Å². The molecule has 1 aromatic heterocycles. The zero-order chi connectivity index (χ0) is 9.84. The lowest BCUT2D eigenvalue weighted by atomic mass is 10.0. The predicted molar refractivity (Wildman–Crippen MR) is 53.6 cm³/mol. The molecule has 1 heterocycles. The average Bonchev–Trinajstić information content (AvgIpc) is 2.03. The minimum Gasteiger partial charge on any atom is -0.388 e. The van der Waals surface area contributed by atoms with Gasteiger partial charge in [-0.25, -0.2) is 0 Å². The number of hydrogen-bond donors (Lipinski definition) is 1. The topological polar surface area (TPSA) is 33.1 Å². The molecule has 0 fully saturated rings. The third kappa shape index (κ3) is 2.83. The van der Waals surface area contributed by atoms with Crippen LogP contribution in [0.15, 0.2) is 30.6 Å². The summed E-state index contributed by atoms with van der Waals surface area (Å²) in [4.78, 5) is 3.84. The quantitative estimate of drug-likeness (QED) is 0.756. The molecule has 1 aromatic rings. The lowest BCUT2D eigenvalue weighted by molar-refractivity contribution is 0.178. The summed E-state index contributed by atoms with van der Waals surface area (Å²) in [6, 6.07) is 1.72. The molecule has 70 valence electrons. The van der Waals surface area contributed by atoms with Crippen LogP contribution < -0.4 is 0 Å². The molecule has 3 heteroatoms. The van der Waals surface area contributed by atoms with Crippen molar-refractivity contribution in [1.82, 2.24) is 4.98 Å². The highest BCUT2D eigenvalue weighted by molar-refractivity contribution is 6.31. The van der Waals surface area contributed by atoms with Gasteiger partial charge in [0.05, 0.1) is 11.1 Å². The van der Waals surface area contributed by atoms with Gasteiger partial charge in [0.2, 0.25) is 0 Å². The Bertz CT molecular complexity index is 312. The van der Waals surface area contributed by atoms with E-state index < -0.39 is 6.10 Å². The number of rotatable bonds is 3. The van der Waals surface area contributed by atoms with Crippen molar-refractivity contribution in [3.05, 3.63) is 41.2 Å². The number of halogens is 1. The third-order valence-corrected chi connectivity index (χ3v) is 2.02. The lowest BCUT2D eigenvalue weighted by Gasteiger charge is -2.11. The van der Waals surface area contributed by atoms with Gasteiger partial charge in [-0.15, -0.1) is 6.58 Å². The Kier molecular flexibility index (Phi) is 3.46. The van der Waals surface area contributed by atoms with Crippen molar-refractivity contribution in [1.29, 1.82) is 0 Å². The maximum absolute atomic E-state index is 9.70. The summed E-state index contributed by atoms with van der Waals surface area (Å²) in [5, 5.41) is 10.2. The van der Waals surface area contributed by atoms with Crippen molar-refractivity contribution in [3.63, 3.8) is 0 Å². The van der Waals surface area contributed by atoms with Crippen molar-refractivity contribution in [2.75, 3.05) is 0 Å². The van der Waals surface area contributed by atoms with Gasteiger partial charge in [-0.05, 0) is 19.4 Å². The van der Waals surface area contributed by atoms with Gasteiger partial charge < -0.3 is 5.11 Å². The van der Waals surface area contributed by atoms with E-state index in [0.717, 1.165) is 5.57 Å². The SMILES string of the molecule is C=C(C)CC(O)c1ccncc1Cl. The Morgan fingerprint density at radius 2 is 2.46 bits per heavy atom. The van der Waals surface area contributed by atoms with Gasteiger partial charge in [0.25, 0.3) is 0 Å². The summed E-state index contributed by atoms with van der Waals surface area (Å²) < 4.78 is 0. The second-order valence-corrected chi connectivity index (χ2v) is 3.48. The zero-order valence-corrected chi connectivity index (χ0v) is 8.25. The second-order valence-electron chi connectivity index (χ2n) is 3.07. The maximum Gasteiger partial charge on any atom is 0.0842 e. The van der Waals surface area contributed by atoms with Gasteiger partial charge in [0, 0.05) is 18.0 Å². The van der Waals surface area contributed by atoms with Gasteiger partial charge in [-0.1, -0.05) is 17.2 Å². The highest BCUT2D eigenvalue weighted by atomic mass is 35.5. The fourth-order valence-electron chi connectivity index (χ4n) is 1.10. The predicted octanol–water partition coefficient (Wildman–Crippen LogP) is 2.73. The summed E-state index contributed by atoms with van der Waals surface area (Å²) in [7, 11) is 0. The molecule has 0 saturated heterocycles. The highest BCUT2D eigenvalue weighted by Gasteiger charge is 2.10. The van der Waals surface area contributed by atoms with Gasteiger partial charge in [0.15, 0.2) is 0 Å². The number of aromatic nitrogens is 1. The van der Waals surface area contributed by atoms with Gasteiger partial charge in [0.1, 0.15) is 0 Å². The molecule has 0 spiro atoms. The molecule has 0 aliphatic carbocycles. The summed E-state index contributed by atoms with van der Waals surface area (Å²) >= 11 is 5.85. The summed E-state index contributed by atoms with van der Waals surface area (Å²) in [5.41, 5.74) is 1.64. The van der Waals surface area contributed by atoms with Crippen LogP contribution in [0, 0.1) is 0 Å². The standard InChI is InChI=1S/C10H12ClNO/c1-7(2)5-10(13)8-3-4-12-6-9(8)11/h3-4,6,10,13H,1,5H2,2H3. The molecule has 0 amide bonds. The molecule has 1 rings (SSSR count). The molecular formula is C10H12ClNO. The molecule has 1 N–H and O–H groups in total. The number of hydrogen-bond acceptors (Lipinski definition) is 2. The summed E-state index contributed by atoms with van der Waals surface area (Å²) in [6.07, 6.45) is 3.10. The second kappa shape index (κ2) is 4.40. The zero-order valence-electron chi connectivity index (χ0n) is 7.50. The third-order valence-electron chi connectivity index (χ3n) is 1.70. The number of nitrogens with zero attached hydrogens (tertiary/aromatic N) is 1. The first-order valence-corrected chi connectivity index (χ1v) is 4.41. The molecular weight excluding hydrogens is 186 g/mol. The molecule has 1 atom stereocenters.